The average molecular weight is 223 g/mol. The van der Waals surface area contributed by atoms with Gasteiger partial charge in [0.15, 0.2) is 10.9 Å². The Labute approximate surface area is 83.1 Å². The lowest BCUT2D eigenvalue weighted by molar-refractivity contribution is -0.141. The summed E-state index contributed by atoms with van der Waals surface area (Å²) >= 11 is 1.07. The first-order chi connectivity index (χ1) is 6.47. The third kappa shape index (κ3) is 2.50. The van der Waals surface area contributed by atoms with E-state index in [0.717, 1.165) is 17.8 Å². The number of nitrogens with zero attached hydrogens (tertiary/aromatic N) is 2. The molecule has 0 aliphatic rings. The van der Waals surface area contributed by atoms with Gasteiger partial charge in [0.05, 0.1) is 0 Å². The van der Waals surface area contributed by atoms with Crippen LogP contribution in [0.2, 0.25) is 0 Å². The van der Waals surface area contributed by atoms with Gasteiger partial charge in [-0.15, -0.1) is 0 Å². The average Bonchev–Trinajstić information content (AvgIpc) is 2.15. The fraction of sp³-hybridized carbons (Fsp3) is 0.429. The van der Waals surface area contributed by atoms with Crippen molar-refractivity contribution in [3.63, 3.8) is 0 Å². The molecule has 0 amide bonds. The molecule has 0 radical (unpaired) electrons. The fourth-order valence-corrected chi connectivity index (χ4v) is 1.17. The van der Waals surface area contributed by atoms with Crippen LogP contribution in [0, 0.1) is 0 Å². The third-order valence-corrected chi connectivity index (χ3v) is 1.98. The fourth-order valence-electron chi connectivity index (χ4n) is 0.790. The zero-order valence-corrected chi connectivity index (χ0v) is 8.33. The molecule has 1 N–H and O–H groups in total. The van der Waals surface area contributed by atoms with Crippen molar-refractivity contribution in [3.8, 4) is 0 Å². The summed E-state index contributed by atoms with van der Waals surface area (Å²) in [5, 5.41) is 2.65. The maximum Gasteiger partial charge on any atom is 0.433 e. The molecular weight excluding hydrogens is 215 g/mol. The Morgan fingerprint density at radius 3 is 2.43 bits per heavy atom. The van der Waals surface area contributed by atoms with Gasteiger partial charge in [-0.1, -0.05) is 11.8 Å². The predicted octanol–water partition coefficient (Wildman–Crippen LogP) is 2.26. The van der Waals surface area contributed by atoms with E-state index in [9.17, 15) is 13.2 Å². The van der Waals surface area contributed by atoms with E-state index in [-0.39, 0.29) is 11.0 Å². The van der Waals surface area contributed by atoms with Gasteiger partial charge in [0.1, 0.15) is 5.82 Å². The van der Waals surface area contributed by atoms with Crippen molar-refractivity contribution in [3.05, 3.63) is 11.8 Å². The van der Waals surface area contributed by atoms with Gasteiger partial charge in [-0.3, -0.25) is 0 Å². The summed E-state index contributed by atoms with van der Waals surface area (Å²) in [7, 11) is 1.51. The largest absolute Gasteiger partial charge is 0.433 e. The van der Waals surface area contributed by atoms with E-state index in [1.165, 1.54) is 7.05 Å². The number of hydrogen-bond donors (Lipinski definition) is 1. The standard InChI is InChI=1S/C7H8F3N3S/c1-11-5-3-4(7(8,9)10)12-6(13-5)14-2/h3H,1-2H3,(H,11,12,13). The van der Waals surface area contributed by atoms with Crippen molar-refractivity contribution in [2.24, 2.45) is 0 Å². The van der Waals surface area contributed by atoms with Crippen LogP contribution in [0.15, 0.2) is 11.2 Å². The summed E-state index contributed by atoms with van der Waals surface area (Å²) in [6, 6.07) is 0.875. The normalized spacial score (nSPS) is 11.5. The molecule has 0 bridgehead atoms. The highest BCUT2D eigenvalue weighted by molar-refractivity contribution is 7.98. The molecule has 78 valence electrons. The van der Waals surface area contributed by atoms with Gasteiger partial charge in [0.25, 0.3) is 0 Å². The maximum absolute atomic E-state index is 12.3. The summed E-state index contributed by atoms with van der Waals surface area (Å²) in [5.74, 6) is 0.164. The molecule has 0 aliphatic heterocycles. The molecule has 1 aromatic rings. The molecule has 0 unspecified atom stereocenters. The van der Waals surface area contributed by atoms with E-state index in [4.69, 9.17) is 0 Å². The molecule has 0 atom stereocenters. The Kier molecular flexibility index (Phi) is 3.20. The maximum atomic E-state index is 12.3. The number of anilines is 1. The molecule has 0 fully saturated rings. The molecule has 7 heteroatoms. The van der Waals surface area contributed by atoms with Crippen LogP contribution in [0.5, 0.6) is 0 Å². The van der Waals surface area contributed by atoms with Gasteiger partial charge < -0.3 is 5.32 Å². The van der Waals surface area contributed by atoms with Crippen LogP contribution in [0.1, 0.15) is 5.69 Å². The topological polar surface area (TPSA) is 37.8 Å². The Morgan fingerprint density at radius 2 is 2.00 bits per heavy atom. The van der Waals surface area contributed by atoms with Crippen LogP contribution in [-0.2, 0) is 6.18 Å². The van der Waals surface area contributed by atoms with E-state index in [1.54, 1.807) is 6.26 Å². The summed E-state index contributed by atoms with van der Waals surface area (Å²) in [6.45, 7) is 0. The van der Waals surface area contributed by atoms with E-state index >= 15 is 0 Å². The van der Waals surface area contributed by atoms with E-state index in [2.05, 4.69) is 15.3 Å². The summed E-state index contributed by atoms with van der Waals surface area (Å²) in [4.78, 5) is 7.18. The van der Waals surface area contributed by atoms with Gasteiger partial charge in [0, 0.05) is 13.1 Å². The highest BCUT2D eigenvalue weighted by Crippen LogP contribution is 2.29. The molecule has 1 rings (SSSR count). The SMILES string of the molecule is CNc1cc(C(F)(F)F)nc(SC)n1. The van der Waals surface area contributed by atoms with E-state index in [0.29, 0.717) is 0 Å². The smallest absolute Gasteiger partial charge is 0.373 e. The highest BCUT2D eigenvalue weighted by atomic mass is 32.2. The first kappa shape index (κ1) is 11.1. The van der Waals surface area contributed by atoms with Gasteiger partial charge in [-0.05, 0) is 6.26 Å². The molecule has 1 aromatic heterocycles. The number of aromatic nitrogens is 2. The minimum atomic E-state index is -4.43. The molecule has 0 spiro atoms. The Hall–Kier alpha value is -0.980. The second-order valence-electron chi connectivity index (χ2n) is 2.37. The van der Waals surface area contributed by atoms with Crippen molar-refractivity contribution >= 4 is 17.6 Å². The van der Waals surface area contributed by atoms with Crippen molar-refractivity contribution in [2.75, 3.05) is 18.6 Å². The monoisotopic (exact) mass is 223 g/mol. The summed E-state index contributed by atoms with van der Waals surface area (Å²) < 4.78 is 36.9. The quantitative estimate of drug-likeness (QED) is 0.616. The lowest BCUT2D eigenvalue weighted by Gasteiger charge is -2.08. The van der Waals surface area contributed by atoms with E-state index in [1.807, 2.05) is 0 Å². The zero-order chi connectivity index (χ0) is 10.8. The molecule has 3 nitrogen and oxygen atoms in total. The first-order valence-electron chi connectivity index (χ1n) is 3.65. The number of thioether (sulfide) groups is 1. The lowest BCUT2D eigenvalue weighted by atomic mass is 10.4. The highest BCUT2D eigenvalue weighted by Gasteiger charge is 2.33. The molecule has 0 aromatic carbocycles. The van der Waals surface area contributed by atoms with Gasteiger partial charge in [0.2, 0.25) is 0 Å². The van der Waals surface area contributed by atoms with Crippen molar-refractivity contribution in [1.82, 2.24) is 9.97 Å². The number of halogens is 3. The van der Waals surface area contributed by atoms with Crippen LogP contribution in [0.25, 0.3) is 0 Å². The molecule has 0 saturated heterocycles. The second kappa shape index (κ2) is 4.04. The second-order valence-corrected chi connectivity index (χ2v) is 3.15. The van der Waals surface area contributed by atoms with E-state index < -0.39 is 11.9 Å². The predicted molar refractivity (Wildman–Crippen MR) is 48.4 cm³/mol. The van der Waals surface area contributed by atoms with Gasteiger partial charge in [-0.2, -0.15) is 13.2 Å². The zero-order valence-electron chi connectivity index (χ0n) is 7.51. The first-order valence-corrected chi connectivity index (χ1v) is 4.88. The van der Waals surface area contributed by atoms with Crippen molar-refractivity contribution < 1.29 is 13.2 Å². The van der Waals surface area contributed by atoms with Crippen LogP contribution < -0.4 is 5.32 Å². The third-order valence-electron chi connectivity index (χ3n) is 1.43. The van der Waals surface area contributed by atoms with Crippen LogP contribution in [-0.4, -0.2) is 23.3 Å². The van der Waals surface area contributed by atoms with Gasteiger partial charge in [-0.25, -0.2) is 9.97 Å². The number of rotatable bonds is 2. The lowest BCUT2D eigenvalue weighted by Crippen LogP contribution is -2.10. The number of hydrogen-bond acceptors (Lipinski definition) is 4. The number of alkyl halides is 3. The minimum absolute atomic E-state index is 0.101. The van der Waals surface area contributed by atoms with Crippen molar-refractivity contribution in [1.29, 1.82) is 0 Å². The van der Waals surface area contributed by atoms with Crippen molar-refractivity contribution in [2.45, 2.75) is 11.3 Å². The van der Waals surface area contributed by atoms with Crippen LogP contribution >= 0.6 is 11.8 Å². The summed E-state index contributed by atoms with van der Waals surface area (Å²) in [6.07, 6.45) is -2.81. The van der Waals surface area contributed by atoms with Crippen LogP contribution in [0.4, 0.5) is 19.0 Å². The Morgan fingerprint density at radius 1 is 1.36 bits per heavy atom. The number of nitrogens with one attached hydrogen (secondary N) is 1. The molecule has 0 saturated carbocycles. The Bertz CT molecular complexity index is 304. The minimum Gasteiger partial charge on any atom is -0.373 e. The molecular formula is C7H8F3N3S. The molecule has 14 heavy (non-hydrogen) atoms. The molecule has 1 heterocycles. The Balaban J connectivity index is 3.17. The molecule has 0 aliphatic carbocycles. The van der Waals surface area contributed by atoms with Gasteiger partial charge >= 0.3 is 6.18 Å². The summed E-state index contributed by atoms with van der Waals surface area (Å²) in [5.41, 5.74) is -0.929. The van der Waals surface area contributed by atoms with Crippen LogP contribution in [0.3, 0.4) is 0 Å².